The number of nitrogens with one attached hydrogen (secondary N) is 1. The highest BCUT2D eigenvalue weighted by Crippen LogP contribution is 2.28. The topological polar surface area (TPSA) is 79.4 Å². The van der Waals surface area contributed by atoms with Crippen molar-refractivity contribution in [1.29, 1.82) is 0 Å². The van der Waals surface area contributed by atoms with E-state index in [0.29, 0.717) is 5.13 Å². The Morgan fingerprint density at radius 3 is 2.73 bits per heavy atom. The Bertz CT molecular complexity index is 693. The third kappa shape index (κ3) is 3.23. The summed E-state index contributed by atoms with van der Waals surface area (Å²) in [6.07, 6.45) is 0.583. The number of aromatic nitrogens is 1. The van der Waals surface area contributed by atoms with Gasteiger partial charge in [0, 0.05) is 31.2 Å². The van der Waals surface area contributed by atoms with Crippen molar-refractivity contribution in [2.24, 2.45) is 0 Å². The summed E-state index contributed by atoms with van der Waals surface area (Å²) in [5, 5.41) is 7.08. The highest BCUT2D eigenvalue weighted by atomic mass is 32.1. The molecule has 8 heteroatoms. The average Bonchev–Trinajstić information content (AvgIpc) is 3.20. The van der Waals surface area contributed by atoms with Gasteiger partial charge in [0.25, 0.3) is 0 Å². The quantitative estimate of drug-likeness (QED) is 0.851. The SMILES string of the molecule is O=C(CCN1C(=O)CCC1=O)Nc1nc(-c2cccs2)cs1. The molecule has 6 nitrogen and oxygen atoms in total. The number of hydrogen-bond acceptors (Lipinski definition) is 6. The molecule has 0 aromatic carbocycles. The highest BCUT2D eigenvalue weighted by Gasteiger charge is 2.28. The van der Waals surface area contributed by atoms with Gasteiger partial charge in [-0.2, -0.15) is 0 Å². The molecule has 0 atom stereocenters. The van der Waals surface area contributed by atoms with Crippen molar-refractivity contribution < 1.29 is 14.4 Å². The smallest absolute Gasteiger partial charge is 0.229 e. The van der Waals surface area contributed by atoms with Gasteiger partial charge in [0.1, 0.15) is 0 Å². The summed E-state index contributed by atoms with van der Waals surface area (Å²) in [6, 6.07) is 3.91. The molecule has 0 unspecified atom stereocenters. The first-order valence-corrected chi connectivity index (χ1v) is 8.52. The first-order chi connectivity index (χ1) is 10.6. The minimum Gasteiger partial charge on any atom is -0.302 e. The van der Waals surface area contributed by atoms with E-state index in [-0.39, 0.29) is 43.5 Å². The van der Waals surface area contributed by atoms with Crippen molar-refractivity contribution in [3.05, 3.63) is 22.9 Å². The zero-order valence-electron chi connectivity index (χ0n) is 11.6. The summed E-state index contributed by atoms with van der Waals surface area (Å²) in [5.74, 6) is -0.654. The summed E-state index contributed by atoms with van der Waals surface area (Å²) in [4.78, 5) is 41.3. The Kier molecular flexibility index (Phi) is 4.30. The fourth-order valence-electron chi connectivity index (χ4n) is 2.14. The lowest BCUT2D eigenvalue weighted by Gasteiger charge is -2.12. The Balaban J connectivity index is 1.54. The van der Waals surface area contributed by atoms with Crippen LogP contribution in [0.2, 0.25) is 0 Å². The lowest BCUT2D eigenvalue weighted by atomic mass is 10.3. The van der Waals surface area contributed by atoms with Gasteiger partial charge in [-0.3, -0.25) is 19.3 Å². The number of carbonyl (C=O) groups is 3. The maximum absolute atomic E-state index is 11.9. The summed E-state index contributed by atoms with van der Waals surface area (Å²) in [6.45, 7) is 0.132. The second-order valence-corrected chi connectivity index (χ2v) is 6.56. The van der Waals surface area contributed by atoms with Crippen molar-refractivity contribution in [3.63, 3.8) is 0 Å². The Labute approximate surface area is 134 Å². The number of nitrogens with zero attached hydrogens (tertiary/aromatic N) is 2. The first kappa shape index (κ1) is 14.9. The number of thiazole rings is 1. The summed E-state index contributed by atoms with van der Waals surface area (Å²) < 4.78 is 0. The van der Waals surface area contributed by atoms with E-state index in [2.05, 4.69) is 10.3 Å². The fraction of sp³-hybridized carbons (Fsp3) is 0.286. The molecule has 3 rings (SSSR count). The maximum Gasteiger partial charge on any atom is 0.229 e. The molecule has 0 bridgehead atoms. The molecule has 3 amide bonds. The van der Waals surface area contributed by atoms with Gasteiger partial charge < -0.3 is 5.32 Å². The third-order valence-electron chi connectivity index (χ3n) is 3.24. The predicted molar refractivity (Wildman–Crippen MR) is 84.6 cm³/mol. The number of carbonyl (C=O) groups excluding carboxylic acids is 3. The lowest BCUT2D eigenvalue weighted by Crippen LogP contribution is -2.32. The van der Waals surface area contributed by atoms with Crippen LogP contribution < -0.4 is 5.32 Å². The standard InChI is InChI=1S/C14H13N3O3S2/c18-11(5-6-17-12(19)3-4-13(17)20)16-14-15-9(8-22-14)10-2-1-7-21-10/h1-2,7-8H,3-6H2,(H,15,16,18). The van der Waals surface area contributed by atoms with Crippen molar-refractivity contribution in [1.82, 2.24) is 9.88 Å². The first-order valence-electron chi connectivity index (χ1n) is 6.76. The summed E-state index contributed by atoms with van der Waals surface area (Å²) in [5.41, 5.74) is 0.834. The molecule has 1 fully saturated rings. The second kappa shape index (κ2) is 6.37. The van der Waals surface area contributed by atoms with Crippen LogP contribution in [0.1, 0.15) is 19.3 Å². The van der Waals surface area contributed by atoms with Crippen LogP contribution in [0.3, 0.4) is 0 Å². The van der Waals surface area contributed by atoms with Gasteiger partial charge in [-0.05, 0) is 11.4 Å². The third-order valence-corrected chi connectivity index (χ3v) is 4.89. The van der Waals surface area contributed by atoms with Crippen LogP contribution in [0.4, 0.5) is 5.13 Å². The normalized spacial score (nSPS) is 14.6. The van der Waals surface area contributed by atoms with E-state index in [0.717, 1.165) is 15.5 Å². The molecular formula is C14H13N3O3S2. The molecule has 1 saturated heterocycles. The number of likely N-dealkylation sites (tertiary alicyclic amines) is 1. The van der Waals surface area contributed by atoms with Gasteiger partial charge in [0.2, 0.25) is 17.7 Å². The van der Waals surface area contributed by atoms with E-state index in [1.165, 1.54) is 11.3 Å². The van der Waals surface area contributed by atoms with E-state index in [1.807, 2.05) is 22.9 Å². The van der Waals surface area contributed by atoms with Gasteiger partial charge in [-0.25, -0.2) is 4.98 Å². The molecule has 0 saturated carbocycles. The minimum absolute atomic E-state index is 0.0887. The zero-order valence-corrected chi connectivity index (χ0v) is 13.2. The molecule has 114 valence electrons. The van der Waals surface area contributed by atoms with E-state index < -0.39 is 0 Å². The second-order valence-electron chi connectivity index (χ2n) is 4.75. The Morgan fingerprint density at radius 2 is 2.05 bits per heavy atom. The van der Waals surface area contributed by atoms with Crippen molar-refractivity contribution in [2.45, 2.75) is 19.3 Å². The van der Waals surface area contributed by atoms with Crippen LogP contribution in [0.5, 0.6) is 0 Å². The van der Waals surface area contributed by atoms with Crippen molar-refractivity contribution in [3.8, 4) is 10.6 Å². The number of amides is 3. The molecule has 0 aliphatic carbocycles. The molecule has 2 aromatic heterocycles. The van der Waals surface area contributed by atoms with E-state index in [9.17, 15) is 14.4 Å². The van der Waals surface area contributed by atoms with Crippen molar-refractivity contribution in [2.75, 3.05) is 11.9 Å². The number of hydrogen-bond donors (Lipinski definition) is 1. The molecule has 1 aliphatic heterocycles. The molecule has 3 heterocycles. The number of thiophene rings is 1. The number of rotatable bonds is 5. The summed E-state index contributed by atoms with van der Waals surface area (Å²) >= 11 is 2.94. The van der Waals surface area contributed by atoms with Crippen LogP contribution in [-0.2, 0) is 14.4 Å². The number of anilines is 1. The van der Waals surface area contributed by atoms with E-state index in [1.54, 1.807) is 11.3 Å². The van der Waals surface area contributed by atoms with Gasteiger partial charge in [0.05, 0.1) is 10.6 Å². The van der Waals surface area contributed by atoms with E-state index >= 15 is 0 Å². The average molecular weight is 335 g/mol. The van der Waals surface area contributed by atoms with Crippen LogP contribution in [0.25, 0.3) is 10.6 Å². The summed E-state index contributed by atoms with van der Waals surface area (Å²) in [7, 11) is 0. The fourth-order valence-corrected chi connectivity index (χ4v) is 3.62. The Hall–Kier alpha value is -2.06. The van der Waals surface area contributed by atoms with Crippen LogP contribution >= 0.6 is 22.7 Å². The maximum atomic E-state index is 11.9. The molecule has 2 aromatic rings. The molecule has 1 aliphatic rings. The van der Waals surface area contributed by atoms with Gasteiger partial charge >= 0.3 is 0 Å². The molecule has 0 spiro atoms. The van der Waals surface area contributed by atoms with Gasteiger partial charge in [-0.15, -0.1) is 22.7 Å². The highest BCUT2D eigenvalue weighted by molar-refractivity contribution is 7.16. The molecule has 0 radical (unpaired) electrons. The van der Waals surface area contributed by atoms with Crippen LogP contribution in [0, 0.1) is 0 Å². The molecule has 1 N–H and O–H groups in total. The monoisotopic (exact) mass is 335 g/mol. The Morgan fingerprint density at radius 1 is 1.27 bits per heavy atom. The van der Waals surface area contributed by atoms with Crippen molar-refractivity contribution >= 4 is 45.5 Å². The minimum atomic E-state index is -0.250. The number of imide groups is 1. The lowest BCUT2D eigenvalue weighted by molar-refractivity contribution is -0.138. The van der Waals surface area contributed by atoms with Gasteiger partial charge in [0.15, 0.2) is 5.13 Å². The predicted octanol–water partition coefficient (Wildman–Crippen LogP) is 2.35. The molecule has 22 heavy (non-hydrogen) atoms. The molecular weight excluding hydrogens is 322 g/mol. The van der Waals surface area contributed by atoms with Gasteiger partial charge in [-0.1, -0.05) is 6.07 Å². The van der Waals surface area contributed by atoms with Crippen LogP contribution in [-0.4, -0.2) is 34.2 Å². The largest absolute Gasteiger partial charge is 0.302 e. The van der Waals surface area contributed by atoms with E-state index in [4.69, 9.17) is 0 Å². The zero-order chi connectivity index (χ0) is 15.5. The van der Waals surface area contributed by atoms with Crippen LogP contribution in [0.15, 0.2) is 22.9 Å².